The van der Waals surface area contributed by atoms with Crippen LogP contribution in [0.5, 0.6) is 5.75 Å². The Balaban J connectivity index is 1.12. The highest BCUT2D eigenvalue weighted by Crippen LogP contribution is 2.29. The number of aromatic nitrogens is 2. The molecule has 0 aliphatic heterocycles. The minimum Gasteiger partial charge on any atom is -0.494 e. The molecule has 4 rings (SSSR count). The van der Waals surface area contributed by atoms with E-state index in [4.69, 9.17) is 13.9 Å². The summed E-state index contributed by atoms with van der Waals surface area (Å²) in [5, 5.41) is 8.57. The Morgan fingerprint density at radius 3 is 1.59 bits per heavy atom. The van der Waals surface area contributed by atoms with Crippen molar-refractivity contribution in [3.8, 4) is 39.8 Å². The lowest BCUT2D eigenvalue weighted by molar-refractivity contribution is -0.139. The Labute approximate surface area is 274 Å². The predicted octanol–water partition coefficient (Wildman–Crippen LogP) is 9.93. The first-order chi connectivity index (χ1) is 22.5. The third kappa shape index (κ3) is 10.6. The summed E-state index contributed by atoms with van der Waals surface area (Å²) in [4.78, 5) is 13.6. The maximum absolute atomic E-state index is 11.3. The van der Waals surface area contributed by atoms with Crippen LogP contribution in [0.3, 0.4) is 0 Å². The molecule has 0 radical (unpaired) electrons. The second kappa shape index (κ2) is 18.5. The molecule has 1 aromatic heterocycles. The number of rotatable bonds is 20. The second-order valence-corrected chi connectivity index (χ2v) is 11.7. The van der Waals surface area contributed by atoms with Crippen molar-refractivity contribution in [2.75, 3.05) is 31.2 Å². The molecule has 7 heteroatoms. The molecule has 0 bridgehead atoms. The summed E-state index contributed by atoms with van der Waals surface area (Å²) in [6.07, 6.45) is 10.5. The molecule has 244 valence electrons. The Morgan fingerprint density at radius 1 is 0.652 bits per heavy atom. The van der Waals surface area contributed by atoms with Gasteiger partial charge in [-0.1, -0.05) is 75.8 Å². The first kappa shape index (κ1) is 34.5. The highest BCUT2D eigenvalue weighted by molar-refractivity contribution is 5.86. The number of anilines is 1. The molecule has 3 aromatic carbocycles. The van der Waals surface area contributed by atoms with E-state index in [0.29, 0.717) is 24.0 Å². The lowest BCUT2D eigenvalue weighted by Crippen LogP contribution is -2.21. The first-order valence-electron chi connectivity index (χ1n) is 16.8. The summed E-state index contributed by atoms with van der Waals surface area (Å²) in [6.45, 7) is 12.8. The Bertz CT molecular complexity index is 1470. The van der Waals surface area contributed by atoms with Crippen LogP contribution in [0, 0.1) is 0 Å². The maximum Gasteiger partial charge on any atom is 0.333 e. The zero-order valence-electron chi connectivity index (χ0n) is 27.8. The lowest BCUT2D eigenvalue weighted by Gasteiger charge is -2.20. The van der Waals surface area contributed by atoms with Crippen LogP contribution in [0.1, 0.15) is 78.6 Å². The summed E-state index contributed by atoms with van der Waals surface area (Å²) < 4.78 is 17.1. The zero-order valence-corrected chi connectivity index (χ0v) is 27.8. The van der Waals surface area contributed by atoms with Crippen LogP contribution in [0.2, 0.25) is 0 Å². The van der Waals surface area contributed by atoms with E-state index in [1.54, 1.807) is 6.92 Å². The molecule has 0 saturated carbocycles. The summed E-state index contributed by atoms with van der Waals surface area (Å²) >= 11 is 0. The van der Waals surface area contributed by atoms with Crippen LogP contribution in [0.25, 0.3) is 34.0 Å². The van der Waals surface area contributed by atoms with Crippen molar-refractivity contribution in [1.29, 1.82) is 0 Å². The fourth-order valence-electron chi connectivity index (χ4n) is 5.33. The van der Waals surface area contributed by atoms with E-state index in [1.165, 1.54) is 44.2 Å². The summed E-state index contributed by atoms with van der Waals surface area (Å²) in [7, 11) is 0. The smallest absolute Gasteiger partial charge is 0.333 e. The molecule has 0 N–H and O–H groups in total. The number of unbranched alkanes of at least 4 members (excludes halogenated alkanes) is 8. The van der Waals surface area contributed by atoms with Gasteiger partial charge < -0.3 is 18.8 Å². The van der Waals surface area contributed by atoms with Gasteiger partial charge >= 0.3 is 5.97 Å². The highest BCUT2D eigenvalue weighted by atomic mass is 16.5. The van der Waals surface area contributed by atoms with Gasteiger partial charge in [-0.3, -0.25) is 0 Å². The predicted molar refractivity (Wildman–Crippen MR) is 187 cm³/mol. The second-order valence-electron chi connectivity index (χ2n) is 11.7. The lowest BCUT2D eigenvalue weighted by atomic mass is 10.0. The van der Waals surface area contributed by atoms with Gasteiger partial charge in [-0.2, -0.15) is 0 Å². The number of nitrogens with zero attached hydrogens (tertiary/aromatic N) is 3. The summed E-state index contributed by atoms with van der Waals surface area (Å²) in [5.74, 6) is 1.64. The summed E-state index contributed by atoms with van der Waals surface area (Å²) in [6, 6.07) is 24.7. The van der Waals surface area contributed by atoms with Crippen LogP contribution in [0.4, 0.5) is 5.69 Å². The van der Waals surface area contributed by atoms with E-state index in [1.807, 2.05) is 36.4 Å². The van der Waals surface area contributed by atoms with Crippen LogP contribution >= 0.6 is 0 Å². The Hall–Kier alpha value is -4.39. The standard InChI is InChI=1S/C39H49N3O4/c1-5-42(6-2)35-24-20-34(21-25-35)38-41-40-37(46-38)33-18-16-31(17-19-33)32-22-26-36(27-23-32)44-28-14-12-10-8-7-9-11-13-15-29-45-39(43)30(3)4/h16-27H,3,5-15,28-29H2,1-2,4H3. The highest BCUT2D eigenvalue weighted by Gasteiger charge is 2.12. The van der Waals surface area contributed by atoms with Gasteiger partial charge in [-0.05, 0) is 93.3 Å². The van der Waals surface area contributed by atoms with Crippen molar-refractivity contribution in [2.24, 2.45) is 0 Å². The molecule has 0 aliphatic carbocycles. The van der Waals surface area contributed by atoms with Gasteiger partial charge in [0.05, 0.1) is 13.2 Å². The van der Waals surface area contributed by atoms with Gasteiger partial charge in [0, 0.05) is 35.5 Å². The van der Waals surface area contributed by atoms with E-state index in [-0.39, 0.29) is 5.97 Å². The number of benzene rings is 3. The monoisotopic (exact) mass is 623 g/mol. The number of ether oxygens (including phenoxy) is 2. The molecule has 1 heterocycles. The van der Waals surface area contributed by atoms with Crippen molar-refractivity contribution in [3.63, 3.8) is 0 Å². The quantitative estimate of drug-likeness (QED) is 0.0551. The zero-order chi connectivity index (χ0) is 32.6. The fraction of sp³-hybridized carbons (Fsp3) is 0.410. The number of hydrogen-bond acceptors (Lipinski definition) is 7. The first-order valence-corrected chi connectivity index (χ1v) is 16.8. The SMILES string of the molecule is C=C(C)C(=O)OCCCCCCCCCCCOc1ccc(-c2ccc(-c3nnc(-c4ccc(N(CC)CC)cc4)o3)cc2)cc1. The van der Waals surface area contributed by atoms with Crippen molar-refractivity contribution in [3.05, 3.63) is 84.9 Å². The van der Waals surface area contributed by atoms with Crippen molar-refractivity contribution in [2.45, 2.75) is 78.6 Å². The molecular weight excluding hydrogens is 574 g/mol. The fourth-order valence-corrected chi connectivity index (χ4v) is 5.33. The molecule has 0 saturated heterocycles. The van der Waals surface area contributed by atoms with E-state index < -0.39 is 0 Å². The average Bonchev–Trinajstić information content (AvgIpc) is 3.58. The third-order valence-electron chi connectivity index (χ3n) is 8.13. The molecule has 0 unspecified atom stereocenters. The van der Waals surface area contributed by atoms with Gasteiger partial charge in [-0.25, -0.2) is 4.79 Å². The number of esters is 1. The molecule has 0 aliphatic rings. The van der Waals surface area contributed by atoms with Gasteiger partial charge in [-0.15, -0.1) is 10.2 Å². The molecule has 0 amide bonds. The molecule has 46 heavy (non-hydrogen) atoms. The van der Waals surface area contributed by atoms with Crippen LogP contribution in [-0.2, 0) is 9.53 Å². The van der Waals surface area contributed by atoms with E-state index in [9.17, 15) is 4.79 Å². The summed E-state index contributed by atoms with van der Waals surface area (Å²) in [5.41, 5.74) is 5.70. The molecule has 0 fully saturated rings. The molecule has 4 aromatic rings. The largest absolute Gasteiger partial charge is 0.494 e. The molecule has 0 spiro atoms. The average molecular weight is 624 g/mol. The van der Waals surface area contributed by atoms with Crippen molar-refractivity contribution < 1.29 is 18.7 Å². The Kier molecular flexibility index (Phi) is 13.9. The van der Waals surface area contributed by atoms with E-state index >= 15 is 0 Å². The number of hydrogen-bond donors (Lipinski definition) is 0. The van der Waals surface area contributed by atoms with E-state index in [2.05, 4.69) is 71.9 Å². The molecular formula is C39H49N3O4. The minimum absolute atomic E-state index is 0.284. The van der Waals surface area contributed by atoms with Crippen molar-refractivity contribution in [1.82, 2.24) is 10.2 Å². The third-order valence-corrected chi connectivity index (χ3v) is 8.13. The van der Waals surface area contributed by atoms with Crippen LogP contribution in [0.15, 0.2) is 89.4 Å². The van der Waals surface area contributed by atoms with Gasteiger partial charge in [0.15, 0.2) is 0 Å². The number of carbonyl (C=O) groups is 1. The minimum atomic E-state index is -0.284. The van der Waals surface area contributed by atoms with Gasteiger partial charge in [0.25, 0.3) is 0 Å². The molecule has 7 nitrogen and oxygen atoms in total. The van der Waals surface area contributed by atoms with Crippen LogP contribution in [-0.4, -0.2) is 42.5 Å². The topological polar surface area (TPSA) is 77.7 Å². The van der Waals surface area contributed by atoms with E-state index in [0.717, 1.165) is 67.0 Å². The Morgan fingerprint density at radius 2 is 1.09 bits per heavy atom. The van der Waals surface area contributed by atoms with Crippen LogP contribution < -0.4 is 9.64 Å². The normalized spacial score (nSPS) is 10.9. The molecule has 0 atom stereocenters. The van der Waals surface area contributed by atoms with Gasteiger partial charge in [0.2, 0.25) is 11.8 Å². The maximum atomic E-state index is 11.3. The van der Waals surface area contributed by atoms with Crippen molar-refractivity contribution >= 4 is 11.7 Å². The number of carbonyl (C=O) groups excluding carboxylic acids is 1. The van der Waals surface area contributed by atoms with Gasteiger partial charge in [0.1, 0.15) is 5.75 Å².